The Balaban J connectivity index is 1.73. The van der Waals surface area contributed by atoms with Crippen molar-refractivity contribution in [3.63, 3.8) is 0 Å². The van der Waals surface area contributed by atoms with Crippen molar-refractivity contribution >= 4 is 22.6 Å². The van der Waals surface area contributed by atoms with Crippen molar-refractivity contribution in [2.24, 2.45) is 0 Å². The fraction of sp³-hybridized carbons (Fsp3) is 0.278. The largest absolute Gasteiger partial charge is 0.383 e. The molecule has 1 aliphatic heterocycles. The topological polar surface area (TPSA) is 47.3 Å². The molecule has 1 N–H and O–H groups in total. The average molecular weight is 329 g/mol. The van der Waals surface area contributed by atoms with E-state index < -0.39 is 5.60 Å². The summed E-state index contributed by atoms with van der Waals surface area (Å²) in [5.74, 6) is 0. The molecule has 0 amide bonds. The van der Waals surface area contributed by atoms with Crippen molar-refractivity contribution in [3.8, 4) is 11.1 Å². The number of hydrogen-bond donors (Lipinski definition) is 1. The molecule has 0 atom stereocenters. The van der Waals surface area contributed by atoms with Gasteiger partial charge in [0.05, 0.1) is 42.1 Å². The number of aromatic nitrogens is 2. The van der Waals surface area contributed by atoms with Gasteiger partial charge in [0.1, 0.15) is 5.60 Å². The molecule has 4 rings (SSSR count). The molecule has 5 heteroatoms. The molecule has 0 radical (unpaired) electrons. The summed E-state index contributed by atoms with van der Waals surface area (Å²) < 4.78 is 7.07. The molecule has 2 heterocycles. The molecule has 0 saturated carbocycles. The first-order chi connectivity index (χ1) is 11.1. The molecule has 4 nitrogen and oxygen atoms in total. The van der Waals surface area contributed by atoms with E-state index in [1.807, 2.05) is 47.9 Å². The summed E-state index contributed by atoms with van der Waals surface area (Å²) in [5.41, 5.74) is 4.23. The van der Waals surface area contributed by atoms with Crippen LogP contribution in [0.2, 0.25) is 5.02 Å². The van der Waals surface area contributed by atoms with Crippen LogP contribution in [0.25, 0.3) is 22.2 Å². The summed E-state index contributed by atoms with van der Waals surface area (Å²) in [5, 5.41) is 11.0. The molecular weight excluding hydrogens is 312 g/mol. The maximum absolute atomic E-state index is 10.2. The molecule has 1 aliphatic rings. The first kappa shape index (κ1) is 14.7. The zero-order chi connectivity index (χ0) is 16.0. The normalized spacial score (nSPS) is 16.5. The van der Waals surface area contributed by atoms with Crippen molar-refractivity contribution < 1.29 is 9.84 Å². The Morgan fingerprint density at radius 3 is 2.87 bits per heavy atom. The molecule has 1 saturated heterocycles. The van der Waals surface area contributed by atoms with Gasteiger partial charge in [0.2, 0.25) is 0 Å². The predicted octanol–water partition coefficient (Wildman–Crippen LogP) is 3.43. The van der Waals surface area contributed by atoms with Crippen LogP contribution in [0.5, 0.6) is 0 Å². The van der Waals surface area contributed by atoms with Crippen LogP contribution in [0.4, 0.5) is 0 Å². The van der Waals surface area contributed by atoms with Crippen LogP contribution in [0, 0.1) is 6.92 Å². The molecule has 0 aliphatic carbocycles. The molecule has 0 unspecified atom stereocenters. The minimum atomic E-state index is -0.772. The molecule has 1 fully saturated rings. The lowest BCUT2D eigenvalue weighted by atomic mass is 10.0. The van der Waals surface area contributed by atoms with Gasteiger partial charge in [-0.25, -0.2) is 4.98 Å². The zero-order valence-corrected chi connectivity index (χ0v) is 13.5. The highest BCUT2D eigenvalue weighted by molar-refractivity contribution is 6.34. The van der Waals surface area contributed by atoms with Crippen LogP contribution in [0.3, 0.4) is 0 Å². The van der Waals surface area contributed by atoms with Gasteiger partial charge >= 0.3 is 0 Å². The van der Waals surface area contributed by atoms with Crippen LogP contribution in [0.1, 0.15) is 5.56 Å². The highest BCUT2D eigenvalue weighted by Gasteiger charge is 2.36. The number of rotatable bonds is 3. The van der Waals surface area contributed by atoms with Gasteiger partial charge < -0.3 is 14.4 Å². The molecule has 23 heavy (non-hydrogen) atoms. The average Bonchev–Trinajstić information content (AvgIpc) is 2.90. The van der Waals surface area contributed by atoms with Crippen molar-refractivity contribution in [3.05, 3.63) is 53.3 Å². The number of benzene rings is 2. The van der Waals surface area contributed by atoms with Crippen LogP contribution in [0.15, 0.2) is 42.7 Å². The predicted molar refractivity (Wildman–Crippen MR) is 90.7 cm³/mol. The number of nitrogens with zero attached hydrogens (tertiary/aromatic N) is 2. The minimum absolute atomic E-state index is 0.379. The second kappa shape index (κ2) is 5.34. The van der Waals surface area contributed by atoms with E-state index in [2.05, 4.69) is 4.98 Å². The summed E-state index contributed by atoms with van der Waals surface area (Å²) in [4.78, 5) is 4.47. The van der Waals surface area contributed by atoms with Gasteiger partial charge in [-0.05, 0) is 30.2 Å². The maximum atomic E-state index is 10.2. The number of aryl methyl sites for hydroxylation is 1. The molecule has 0 spiro atoms. The number of fused-ring (bicyclic) bond motifs is 1. The Kier molecular flexibility index (Phi) is 3.41. The zero-order valence-electron chi connectivity index (χ0n) is 12.8. The second-order valence-electron chi connectivity index (χ2n) is 6.23. The fourth-order valence-electron chi connectivity index (χ4n) is 2.97. The van der Waals surface area contributed by atoms with E-state index in [1.54, 1.807) is 6.33 Å². The molecule has 118 valence electrons. The summed E-state index contributed by atoms with van der Waals surface area (Å²) in [6.07, 6.45) is 1.77. The summed E-state index contributed by atoms with van der Waals surface area (Å²) in [6, 6.07) is 12.1. The lowest BCUT2D eigenvalue weighted by molar-refractivity contribution is -0.184. The Morgan fingerprint density at radius 2 is 2.13 bits per heavy atom. The van der Waals surface area contributed by atoms with E-state index in [0.717, 1.165) is 32.7 Å². The number of ether oxygens (including phenoxy) is 1. The summed E-state index contributed by atoms with van der Waals surface area (Å²) in [6.45, 7) is 3.25. The van der Waals surface area contributed by atoms with Gasteiger partial charge in [-0.2, -0.15) is 0 Å². The van der Waals surface area contributed by atoms with Crippen LogP contribution >= 0.6 is 11.6 Å². The van der Waals surface area contributed by atoms with Crippen molar-refractivity contribution in [1.82, 2.24) is 9.55 Å². The molecule has 2 aromatic carbocycles. The van der Waals surface area contributed by atoms with E-state index in [4.69, 9.17) is 16.3 Å². The van der Waals surface area contributed by atoms with Crippen molar-refractivity contribution in [2.45, 2.75) is 19.1 Å². The second-order valence-corrected chi connectivity index (χ2v) is 6.61. The van der Waals surface area contributed by atoms with Gasteiger partial charge in [-0.3, -0.25) is 0 Å². The van der Waals surface area contributed by atoms with Gasteiger partial charge in [0.25, 0.3) is 0 Å². The minimum Gasteiger partial charge on any atom is -0.383 e. The van der Waals surface area contributed by atoms with Gasteiger partial charge in [0.15, 0.2) is 0 Å². The smallest absolute Gasteiger partial charge is 0.129 e. The number of hydrogen-bond acceptors (Lipinski definition) is 3. The summed E-state index contributed by atoms with van der Waals surface area (Å²) in [7, 11) is 0. The van der Waals surface area contributed by atoms with E-state index in [-0.39, 0.29) is 0 Å². The van der Waals surface area contributed by atoms with E-state index in [9.17, 15) is 5.11 Å². The lowest BCUT2D eigenvalue weighted by Crippen LogP contribution is -2.52. The van der Waals surface area contributed by atoms with Crippen LogP contribution in [-0.2, 0) is 11.3 Å². The van der Waals surface area contributed by atoms with Gasteiger partial charge in [-0.15, -0.1) is 0 Å². The third-order valence-electron chi connectivity index (χ3n) is 4.33. The van der Waals surface area contributed by atoms with E-state index >= 15 is 0 Å². The Labute approximate surface area is 139 Å². The third kappa shape index (κ3) is 2.53. The van der Waals surface area contributed by atoms with Crippen molar-refractivity contribution in [1.29, 1.82) is 0 Å². The fourth-order valence-corrected chi connectivity index (χ4v) is 3.21. The third-order valence-corrected chi connectivity index (χ3v) is 4.83. The summed E-state index contributed by atoms with van der Waals surface area (Å²) >= 11 is 6.43. The van der Waals surface area contributed by atoms with Gasteiger partial charge in [0, 0.05) is 5.56 Å². The highest BCUT2D eigenvalue weighted by atomic mass is 35.5. The van der Waals surface area contributed by atoms with Gasteiger partial charge in [-0.1, -0.05) is 35.9 Å². The highest BCUT2D eigenvalue weighted by Crippen LogP contribution is 2.32. The Bertz CT molecular complexity index is 884. The first-order valence-corrected chi connectivity index (χ1v) is 7.94. The number of halogens is 1. The quantitative estimate of drug-likeness (QED) is 0.801. The molecular formula is C18H17ClN2O2. The lowest BCUT2D eigenvalue weighted by Gasteiger charge is -2.36. The number of imidazole rings is 1. The monoisotopic (exact) mass is 328 g/mol. The molecule has 1 aromatic heterocycles. The molecule has 0 bridgehead atoms. The molecule has 3 aromatic rings. The SMILES string of the molecule is Cc1cccc(-c2ccc3c(c2)ncn3CC2(O)COC2)c1Cl. The number of aliphatic hydroxyl groups is 1. The maximum Gasteiger partial charge on any atom is 0.129 e. The van der Waals surface area contributed by atoms with Crippen LogP contribution in [-0.4, -0.2) is 33.5 Å². The Hall–Kier alpha value is -1.88. The van der Waals surface area contributed by atoms with E-state index in [1.165, 1.54) is 0 Å². The standard InChI is InChI=1S/C18H17ClN2O2/c1-12-3-2-4-14(17(12)19)13-5-6-16-15(7-13)20-11-21(16)8-18(22)9-23-10-18/h2-7,11,22H,8-10H2,1H3. The Morgan fingerprint density at radius 1 is 1.30 bits per heavy atom. The first-order valence-electron chi connectivity index (χ1n) is 7.56. The van der Waals surface area contributed by atoms with E-state index in [0.29, 0.717) is 19.8 Å². The van der Waals surface area contributed by atoms with Crippen LogP contribution < -0.4 is 0 Å². The van der Waals surface area contributed by atoms with Crippen molar-refractivity contribution in [2.75, 3.05) is 13.2 Å².